The molecule has 0 radical (unpaired) electrons. The molecule has 5 nitrogen and oxygen atoms in total. The molecule has 5 heteroatoms. The Morgan fingerprint density at radius 1 is 0.394 bits per heavy atom. The highest BCUT2D eigenvalue weighted by Crippen LogP contribution is 2.07. The first kappa shape index (κ1) is 32.8. The van der Waals surface area contributed by atoms with Gasteiger partial charge >= 0.3 is 0 Å². The molecule has 0 fully saturated rings. The zero-order chi connectivity index (χ0) is 24.6. The Kier molecular flexibility index (Phi) is 24.8. The molecule has 0 aliphatic carbocycles. The zero-order valence-electron chi connectivity index (χ0n) is 23.1. The molecule has 0 N–H and O–H groups in total. The van der Waals surface area contributed by atoms with Crippen molar-refractivity contribution < 1.29 is 23.7 Å². The summed E-state index contributed by atoms with van der Waals surface area (Å²) in [7, 11) is 0. The molecule has 0 aromatic heterocycles. The van der Waals surface area contributed by atoms with Gasteiger partial charge in [0.1, 0.15) is 0 Å². The van der Waals surface area contributed by atoms with Crippen molar-refractivity contribution >= 4 is 0 Å². The largest absolute Gasteiger partial charge is 0.379 e. The molecule has 0 aliphatic heterocycles. The molecule has 0 heterocycles. The quantitative estimate of drug-likeness (QED) is 0.123. The summed E-state index contributed by atoms with van der Waals surface area (Å²) >= 11 is 0. The van der Waals surface area contributed by atoms with Gasteiger partial charge in [0.05, 0.1) is 50.8 Å². The third kappa shape index (κ3) is 24.7. The average Bonchev–Trinajstić information content (AvgIpc) is 2.81. The summed E-state index contributed by atoms with van der Waals surface area (Å²) in [6.07, 6.45) is 15.8. The first-order valence-electron chi connectivity index (χ1n) is 14.0. The van der Waals surface area contributed by atoms with Crippen LogP contribution in [-0.4, -0.2) is 64.1 Å². The van der Waals surface area contributed by atoms with Gasteiger partial charge in [0.25, 0.3) is 0 Å². The van der Waals surface area contributed by atoms with E-state index in [2.05, 4.69) is 27.7 Å². The third-order valence-electron chi connectivity index (χ3n) is 5.74. The van der Waals surface area contributed by atoms with E-state index in [0.29, 0.717) is 26.4 Å². The first-order valence-corrected chi connectivity index (χ1v) is 14.0. The molecule has 0 saturated heterocycles. The van der Waals surface area contributed by atoms with E-state index in [1.807, 2.05) is 13.8 Å². The van der Waals surface area contributed by atoms with Gasteiger partial charge in [-0.2, -0.15) is 0 Å². The minimum Gasteiger partial charge on any atom is -0.379 e. The van der Waals surface area contributed by atoms with Gasteiger partial charge in [-0.1, -0.05) is 78.1 Å². The van der Waals surface area contributed by atoms with Gasteiger partial charge in [-0.05, 0) is 40.5 Å². The van der Waals surface area contributed by atoms with Crippen molar-refractivity contribution in [3.05, 3.63) is 0 Å². The fraction of sp³-hybridized carbons (Fsp3) is 1.00. The maximum Gasteiger partial charge on any atom is 0.0781 e. The topological polar surface area (TPSA) is 46.2 Å². The molecule has 4 atom stereocenters. The minimum absolute atomic E-state index is 0.0402. The summed E-state index contributed by atoms with van der Waals surface area (Å²) < 4.78 is 29.3. The molecule has 0 amide bonds. The van der Waals surface area contributed by atoms with E-state index in [0.717, 1.165) is 26.1 Å². The molecule has 0 aromatic carbocycles. The van der Waals surface area contributed by atoms with Gasteiger partial charge in [0, 0.05) is 13.2 Å². The van der Waals surface area contributed by atoms with Crippen LogP contribution in [0.4, 0.5) is 0 Å². The SMILES string of the molecule is CCCCCCCCOCC(C)OCC(C)OCC(C)OCC(C)OCCCCCCCC. The van der Waals surface area contributed by atoms with Crippen LogP contribution in [0, 0.1) is 0 Å². The molecule has 0 rings (SSSR count). The lowest BCUT2D eigenvalue weighted by Crippen LogP contribution is -2.28. The molecular weight excluding hydrogens is 416 g/mol. The zero-order valence-corrected chi connectivity index (χ0v) is 23.1. The predicted molar refractivity (Wildman–Crippen MR) is 139 cm³/mol. The highest BCUT2D eigenvalue weighted by atomic mass is 16.6. The number of rotatable bonds is 26. The van der Waals surface area contributed by atoms with Gasteiger partial charge in [-0.3, -0.25) is 0 Å². The molecule has 0 aromatic rings. The van der Waals surface area contributed by atoms with Crippen LogP contribution in [0.25, 0.3) is 0 Å². The monoisotopic (exact) mass is 474 g/mol. The summed E-state index contributed by atoms with van der Waals surface area (Å²) in [6.45, 7) is 16.8. The van der Waals surface area contributed by atoms with E-state index in [-0.39, 0.29) is 24.4 Å². The second-order valence-electron chi connectivity index (χ2n) is 9.72. The van der Waals surface area contributed by atoms with E-state index in [9.17, 15) is 0 Å². The number of hydrogen-bond acceptors (Lipinski definition) is 5. The lowest BCUT2D eigenvalue weighted by atomic mass is 10.1. The lowest BCUT2D eigenvalue weighted by Gasteiger charge is -2.21. The normalized spacial score (nSPS) is 15.5. The van der Waals surface area contributed by atoms with Crippen molar-refractivity contribution in [1.82, 2.24) is 0 Å². The Labute approximate surface area is 206 Å². The van der Waals surface area contributed by atoms with Crippen LogP contribution in [0.1, 0.15) is 119 Å². The lowest BCUT2D eigenvalue weighted by molar-refractivity contribution is -0.0922. The predicted octanol–water partition coefficient (Wildman–Crippen LogP) is 7.34. The fourth-order valence-corrected chi connectivity index (χ4v) is 3.49. The molecule has 0 saturated carbocycles. The van der Waals surface area contributed by atoms with E-state index < -0.39 is 0 Å². The maximum absolute atomic E-state index is 5.89. The molecular formula is C28H58O5. The first-order chi connectivity index (χ1) is 16.0. The highest BCUT2D eigenvalue weighted by Gasteiger charge is 2.11. The highest BCUT2D eigenvalue weighted by molar-refractivity contribution is 4.57. The number of unbranched alkanes of at least 4 members (excludes halogenated alkanes) is 10. The van der Waals surface area contributed by atoms with Crippen LogP contribution in [0.3, 0.4) is 0 Å². The Morgan fingerprint density at radius 3 is 1.24 bits per heavy atom. The van der Waals surface area contributed by atoms with Gasteiger partial charge < -0.3 is 23.7 Å². The molecule has 0 spiro atoms. The van der Waals surface area contributed by atoms with Crippen molar-refractivity contribution in [2.45, 2.75) is 143 Å². The Morgan fingerprint density at radius 2 is 0.758 bits per heavy atom. The van der Waals surface area contributed by atoms with Crippen molar-refractivity contribution in [2.24, 2.45) is 0 Å². The summed E-state index contributed by atoms with van der Waals surface area (Å²) in [5.41, 5.74) is 0. The second kappa shape index (κ2) is 24.9. The molecule has 33 heavy (non-hydrogen) atoms. The van der Waals surface area contributed by atoms with Crippen molar-refractivity contribution in [3.63, 3.8) is 0 Å². The minimum atomic E-state index is 0.0402. The third-order valence-corrected chi connectivity index (χ3v) is 5.74. The summed E-state index contributed by atoms with van der Waals surface area (Å²) in [5.74, 6) is 0. The Balaban J connectivity index is 3.55. The fourth-order valence-electron chi connectivity index (χ4n) is 3.49. The van der Waals surface area contributed by atoms with E-state index in [1.165, 1.54) is 64.2 Å². The standard InChI is InChI=1S/C28H58O5/c1-7-9-11-13-15-17-19-29-21-25(3)31-23-27(5)33-24-28(6)32-22-26(4)30-20-18-16-14-12-10-8-2/h25-28H,7-24H2,1-6H3. The second-order valence-corrected chi connectivity index (χ2v) is 9.72. The summed E-state index contributed by atoms with van der Waals surface area (Å²) in [6, 6.07) is 0. The van der Waals surface area contributed by atoms with Crippen LogP contribution in [0.5, 0.6) is 0 Å². The van der Waals surface area contributed by atoms with Crippen LogP contribution in [-0.2, 0) is 23.7 Å². The molecule has 4 unspecified atom stereocenters. The molecule has 200 valence electrons. The van der Waals surface area contributed by atoms with E-state index in [1.54, 1.807) is 0 Å². The van der Waals surface area contributed by atoms with Crippen molar-refractivity contribution in [1.29, 1.82) is 0 Å². The van der Waals surface area contributed by atoms with Gasteiger partial charge in [-0.15, -0.1) is 0 Å². The molecule has 0 aliphatic rings. The smallest absolute Gasteiger partial charge is 0.0781 e. The van der Waals surface area contributed by atoms with Crippen LogP contribution < -0.4 is 0 Å². The van der Waals surface area contributed by atoms with Gasteiger partial charge in [0.2, 0.25) is 0 Å². The Bertz CT molecular complexity index is 379. The number of ether oxygens (including phenoxy) is 5. The van der Waals surface area contributed by atoms with Crippen molar-refractivity contribution in [3.8, 4) is 0 Å². The van der Waals surface area contributed by atoms with E-state index in [4.69, 9.17) is 23.7 Å². The van der Waals surface area contributed by atoms with Gasteiger partial charge in [0.15, 0.2) is 0 Å². The molecule has 0 bridgehead atoms. The number of hydrogen-bond donors (Lipinski definition) is 0. The van der Waals surface area contributed by atoms with E-state index >= 15 is 0 Å². The van der Waals surface area contributed by atoms with Crippen LogP contribution >= 0.6 is 0 Å². The Hall–Kier alpha value is -0.200. The van der Waals surface area contributed by atoms with Gasteiger partial charge in [-0.25, -0.2) is 0 Å². The van der Waals surface area contributed by atoms with Crippen molar-refractivity contribution in [2.75, 3.05) is 39.6 Å². The maximum atomic E-state index is 5.89. The summed E-state index contributed by atoms with van der Waals surface area (Å²) in [5, 5.41) is 0. The van der Waals surface area contributed by atoms with Crippen LogP contribution in [0.15, 0.2) is 0 Å². The summed E-state index contributed by atoms with van der Waals surface area (Å²) in [4.78, 5) is 0. The van der Waals surface area contributed by atoms with Crippen LogP contribution in [0.2, 0.25) is 0 Å². The average molecular weight is 475 g/mol.